The van der Waals surface area contributed by atoms with Gasteiger partial charge in [-0.1, -0.05) is 56.0 Å². The molecule has 0 aromatic heterocycles. The van der Waals surface area contributed by atoms with E-state index in [9.17, 15) is 0 Å². The van der Waals surface area contributed by atoms with Gasteiger partial charge in [0.05, 0.1) is 0 Å². The van der Waals surface area contributed by atoms with E-state index in [1.165, 1.54) is 44.1 Å². The quantitative estimate of drug-likeness (QED) is 0.562. The molecule has 1 aromatic carbocycles. The number of hydrogen-bond donors (Lipinski definition) is 0. The van der Waals surface area contributed by atoms with Gasteiger partial charge < -0.3 is 0 Å². The van der Waals surface area contributed by atoms with Crippen LogP contribution in [-0.4, -0.2) is 23.4 Å². The van der Waals surface area contributed by atoms with Gasteiger partial charge in [0.1, 0.15) is 0 Å². The molecule has 0 amide bonds. The van der Waals surface area contributed by atoms with E-state index in [0.29, 0.717) is 0 Å². The largest absolute Gasteiger partial charge is 0.295 e. The lowest BCUT2D eigenvalue weighted by Crippen LogP contribution is -2.36. The van der Waals surface area contributed by atoms with Crippen LogP contribution in [0.5, 0.6) is 0 Å². The molecule has 0 N–H and O–H groups in total. The second-order valence-electron chi connectivity index (χ2n) is 5.29. The van der Waals surface area contributed by atoms with Crippen molar-refractivity contribution in [1.82, 2.24) is 4.90 Å². The van der Waals surface area contributed by atoms with Gasteiger partial charge in [-0.25, -0.2) is 0 Å². The van der Waals surface area contributed by atoms with Crippen LogP contribution in [0.25, 0.3) is 0 Å². The molecular formula is C16H24ClN. The first-order valence-electron chi connectivity index (χ1n) is 7.24. The Morgan fingerprint density at radius 1 is 1.00 bits per heavy atom. The van der Waals surface area contributed by atoms with Crippen molar-refractivity contribution in [2.45, 2.75) is 51.1 Å². The van der Waals surface area contributed by atoms with Gasteiger partial charge in [0.25, 0.3) is 0 Å². The molecule has 0 atom stereocenters. The summed E-state index contributed by atoms with van der Waals surface area (Å²) in [5.74, 6) is 0.739. The summed E-state index contributed by atoms with van der Waals surface area (Å²) in [5, 5.41) is 0. The van der Waals surface area contributed by atoms with Crippen LogP contribution in [0, 0.1) is 0 Å². The second-order valence-corrected chi connectivity index (χ2v) is 5.67. The highest BCUT2D eigenvalue weighted by Gasteiger charge is 2.19. The Hall–Kier alpha value is -0.530. The van der Waals surface area contributed by atoms with Crippen molar-refractivity contribution in [3.05, 3.63) is 35.9 Å². The lowest BCUT2D eigenvalue weighted by Gasteiger charge is -2.30. The monoisotopic (exact) mass is 265 g/mol. The molecule has 0 bridgehead atoms. The zero-order valence-corrected chi connectivity index (χ0v) is 11.9. The first-order valence-corrected chi connectivity index (χ1v) is 7.77. The SMILES string of the molecule is ClCCN(Cc1ccccc1)C1CCCCCC1. The first kappa shape index (κ1) is 13.9. The Kier molecular flexibility index (Phi) is 6.02. The average Bonchev–Trinajstić information content (AvgIpc) is 2.68. The van der Waals surface area contributed by atoms with Gasteiger partial charge >= 0.3 is 0 Å². The zero-order chi connectivity index (χ0) is 12.6. The molecule has 1 saturated carbocycles. The summed E-state index contributed by atoms with van der Waals surface area (Å²) in [5.41, 5.74) is 1.41. The maximum absolute atomic E-state index is 5.98. The maximum atomic E-state index is 5.98. The van der Waals surface area contributed by atoms with Crippen LogP contribution >= 0.6 is 11.6 Å². The molecule has 1 aliphatic rings. The van der Waals surface area contributed by atoms with E-state index in [2.05, 4.69) is 35.2 Å². The third-order valence-corrected chi connectivity index (χ3v) is 4.11. The van der Waals surface area contributed by atoms with Gasteiger partial charge in [-0.05, 0) is 18.4 Å². The predicted molar refractivity (Wildman–Crippen MR) is 79.1 cm³/mol. The van der Waals surface area contributed by atoms with Crippen molar-refractivity contribution in [2.75, 3.05) is 12.4 Å². The van der Waals surface area contributed by atoms with Crippen molar-refractivity contribution < 1.29 is 0 Å². The molecule has 0 heterocycles. The molecule has 0 aliphatic heterocycles. The van der Waals surface area contributed by atoms with Crippen LogP contribution < -0.4 is 0 Å². The van der Waals surface area contributed by atoms with E-state index in [1.807, 2.05) is 0 Å². The van der Waals surface area contributed by atoms with Crippen molar-refractivity contribution >= 4 is 11.6 Å². The van der Waals surface area contributed by atoms with E-state index < -0.39 is 0 Å². The fraction of sp³-hybridized carbons (Fsp3) is 0.625. The molecule has 1 aliphatic carbocycles. The van der Waals surface area contributed by atoms with Gasteiger partial charge in [0, 0.05) is 25.0 Å². The molecule has 0 saturated heterocycles. The van der Waals surface area contributed by atoms with Crippen molar-refractivity contribution in [3.8, 4) is 0 Å². The fourth-order valence-electron chi connectivity index (χ4n) is 2.94. The highest BCUT2D eigenvalue weighted by Crippen LogP contribution is 2.23. The summed E-state index contributed by atoms with van der Waals surface area (Å²) in [6, 6.07) is 11.5. The summed E-state index contributed by atoms with van der Waals surface area (Å²) < 4.78 is 0. The van der Waals surface area contributed by atoms with Crippen molar-refractivity contribution in [1.29, 1.82) is 0 Å². The topological polar surface area (TPSA) is 3.24 Å². The lowest BCUT2D eigenvalue weighted by atomic mass is 10.1. The maximum Gasteiger partial charge on any atom is 0.0351 e. The van der Waals surface area contributed by atoms with E-state index >= 15 is 0 Å². The van der Waals surface area contributed by atoms with E-state index in [0.717, 1.165) is 25.0 Å². The van der Waals surface area contributed by atoms with Crippen LogP contribution in [0.4, 0.5) is 0 Å². The molecule has 1 nitrogen and oxygen atoms in total. The lowest BCUT2D eigenvalue weighted by molar-refractivity contribution is 0.181. The Labute approximate surface area is 116 Å². The molecule has 18 heavy (non-hydrogen) atoms. The summed E-state index contributed by atoms with van der Waals surface area (Å²) in [7, 11) is 0. The molecule has 0 radical (unpaired) electrons. The summed E-state index contributed by atoms with van der Waals surface area (Å²) >= 11 is 5.98. The minimum Gasteiger partial charge on any atom is -0.295 e. The number of halogens is 1. The number of rotatable bonds is 5. The Morgan fingerprint density at radius 2 is 1.67 bits per heavy atom. The van der Waals surface area contributed by atoms with Crippen LogP contribution in [0.2, 0.25) is 0 Å². The van der Waals surface area contributed by atoms with Gasteiger partial charge in [0.15, 0.2) is 0 Å². The average molecular weight is 266 g/mol. The zero-order valence-electron chi connectivity index (χ0n) is 11.2. The number of benzene rings is 1. The van der Waals surface area contributed by atoms with Crippen LogP contribution in [0.3, 0.4) is 0 Å². The van der Waals surface area contributed by atoms with E-state index in [4.69, 9.17) is 11.6 Å². The van der Waals surface area contributed by atoms with E-state index in [-0.39, 0.29) is 0 Å². The van der Waals surface area contributed by atoms with Gasteiger partial charge in [-0.2, -0.15) is 0 Å². The molecule has 100 valence electrons. The number of alkyl halides is 1. The number of hydrogen-bond acceptors (Lipinski definition) is 1. The standard InChI is InChI=1S/C16H24ClN/c17-12-13-18(14-15-8-4-3-5-9-15)16-10-6-1-2-7-11-16/h3-5,8-9,16H,1-2,6-7,10-14H2. The predicted octanol–water partition coefficient (Wildman–Crippen LogP) is 4.45. The molecular weight excluding hydrogens is 242 g/mol. The van der Waals surface area contributed by atoms with Crippen molar-refractivity contribution in [3.63, 3.8) is 0 Å². The highest BCUT2D eigenvalue weighted by molar-refractivity contribution is 6.18. The minimum absolute atomic E-state index is 0.739. The molecule has 1 fully saturated rings. The second kappa shape index (κ2) is 7.81. The van der Waals surface area contributed by atoms with Gasteiger partial charge in [-0.3, -0.25) is 4.90 Å². The summed E-state index contributed by atoms with van der Waals surface area (Å²) in [4.78, 5) is 2.59. The Morgan fingerprint density at radius 3 is 2.28 bits per heavy atom. The fourth-order valence-corrected chi connectivity index (χ4v) is 3.16. The molecule has 1 aromatic rings. The van der Waals surface area contributed by atoms with Crippen LogP contribution in [0.1, 0.15) is 44.1 Å². The molecule has 2 rings (SSSR count). The van der Waals surface area contributed by atoms with Crippen LogP contribution in [0.15, 0.2) is 30.3 Å². The molecule has 0 unspecified atom stereocenters. The minimum atomic E-state index is 0.739. The van der Waals surface area contributed by atoms with Crippen LogP contribution in [-0.2, 0) is 6.54 Å². The summed E-state index contributed by atoms with van der Waals surface area (Å²) in [6.45, 7) is 2.07. The smallest absolute Gasteiger partial charge is 0.0351 e. The molecule has 2 heteroatoms. The van der Waals surface area contributed by atoms with Gasteiger partial charge in [0.2, 0.25) is 0 Å². The third kappa shape index (κ3) is 4.29. The first-order chi connectivity index (χ1) is 8.90. The highest BCUT2D eigenvalue weighted by atomic mass is 35.5. The van der Waals surface area contributed by atoms with Gasteiger partial charge in [-0.15, -0.1) is 11.6 Å². The van der Waals surface area contributed by atoms with Crippen molar-refractivity contribution in [2.24, 2.45) is 0 Å². The van der Waals surface area contributed by atoms with E-state index in [1.54, 1.807) is 0 Å². The Bertz CT molecular complexity index is 317. The Balaban J connectivity index is 1.97. The number of nitrogens with zero attached hydrogens (tertiary/aromatic N) is 1. The molecule has 0 spiro atoms. The third-order valence-electron chi connectivity index (χ3n) is 3.94. The summed E-state index contributed by atoms with van der Waals surface area (Å²) in [6.07, 6.45) is 8.30. The normalized spacial score (nSPS) is 17.9.